The monoisotopic (exact) mass is 284 g/mol. The summed E-state index contributed by atoms with van der Waals surface area (Å²) in [5.74, 6) is 3.44. The first kappa shape index (κ1) is 14.2. The molecule has 3 aliphatic rings. The van der Waals surface area contributed by atoms with E-state index in [2.05, 4.69) is 16.7 Å². The molecule has 3 aliphatic heterocycles. The molecule has 2 atom stereocenters. The van der Waals surface area contributed by atoms with E-state index in [0.29, 0.717) is 0 Å². The summed E-state index contributed by atoms with van der Waals surface area (Å²) >= 11 is 2.10. The van der Waals surface area contributed by atoms with Crippen molar-refractivity contribution in [3.63, 3.8) is 0 Å². The van der Waals surface area contributed by atoms with Gasteiger partial charge in [-0.3, -0.25) is 4.90 Å². The molecule has 2 N–H and O–H groups in total. The fourth-order valence-corrected chi connectivity index (χ4v) is 5.31. The standard InChI is InChI=1S/C15H28N2OS/c16-6-1-13-2-7-17(12-13)14-3-8-18-15(11-14)4-9-19-10-5-15/h13-14H,1-12,16H2. The van der Waals surface area contributed by atoms with Crippen LogP contribution in [0.3, 0.4) is 0 Å². The van der Waals surface area contributed by atoms with Gasteiger partial charge in [0.25, 0.3) is 0 Å². The van der Waals surface area contributed by atoms with Gasteiger partial charge in [-0.2, -0.15) is 11.8 Å². The molecule has 19 heavy (non-hydrogen) atoms. The van der Waals surface area contributed by atoms with E-state index in [1.54, 1.807) is 0 Å². The van der Waals surface area contributed by atoms with E-state index in [4.69, 9.17) is 10.5 Å². The molecule has 4 heteroatoms. The lowest BCUT2D eigenvalue weighted by molar-refractivity contribution is -0.108. The van der Waals surface area contributed by atoms with Crippen molar-refractivity contribution in [1.82, 2.24) is 4.90 Å². The third-order valence-electron chi connectivity index (χ3n) is 5.28. The Kier molecular flexibility index (Phi) is 4.73. The van der Waals surface area contributed by atoms with Gasteiger partial charge >= 0.3 is 0 Å². The summed E-state index contributed by atoms with van der Waals surface area (Å²) in [6.07, 6.45) is 7.63. The van der Waals surface area contributed by atoms with Crippen molar-refractivity contribution in [1.29, 1.82) is 0 Å². The molecule has 110 valence electrons. The number of thioether (sulfide) groups is 1. The normalized spacial score (nSPS) is 35.8. The molecule has 0 bridgehead atoms. The van der Waals surface area contributed by atoms with Gasteiger partial charge < -0.3 is 10.5 Å². The molecule has 2 unspecified atom stereocenters. The van der Waals surface area contributed by atoms with Gasteiger partial charge in [-0.15, -0.1) is 0 Å². The first-order valence-electron chi connectivity index (χ1n) is 7.97. The molecule has 1 spiro atoms. The highest BCUT2D eigenvalue weighted by atomic mass is 32.2. The topological polar surface area (TPSA) is 38.5 Å². The van der Waals surface area contributed by atoms with Crippen molar-refractivity contribution >= 4 is 11.8 Å². The molecular weight excluding hydrogens is 256 g/mol. The molecule has 0 aromatic rings. The number of rotatable bonds is 3. The van der Waals surface area contributed by atoms with Crippen LogP contribution in [0.1, 0.15) is 38.5 Å². The fourth-order valence-electron chi connectivity index (χ4n) is 4.07. The summed E-state index contributed by atoms with van der Waals surface area (Å²) in [6.45, 7) is 4.41. The predicted octanol–water partition coefficient (Wildman–Crippen LogP) is 2.10. The third-order valence-corrected chi connectivity index (χ3v) is 6.27. The Morgan fingerprint density at radius 1 is 1.26 bits per heavy atom. The first-order valence-corrected chi connectivity index (χ1v) is 9.13. The Balaban J connectivity index is 1.56. The van der Waals surface area contributed by atoms with E-state index in [1.807, 2.05) is 0 Å². The lowest BCUT2D eigenvalue weighted by Crippen LogP contribution is -2.49. The quantitative estimate of drug-likeness (QED) is 0.861. The molecular formula is C15H28N2OS. The SMILES string of the molecule is NCCC1CCN(C2CCOC3(CCSCC3)C2)C1. The van der Waals surface area contributed by atoms with Crippen LogP contribution in [0.2, 0.25) is 0 Å². The summed E-state index contributed by atoms with van der Waals surface area (Å²) in [5.41, 5.74) is 5.94. The van der Waals surface area contributed by atoms with Gasteiger partial charge in [-0.25, -0.2) is 0 Å². The smallest absolute Gasteiger partial charge is 0.0713 e. The van der Waals surface area contributed by atoms with Crippen LogP contribution in [0.15, 0.2) is 0 Å². The Morgan fingerprint density at radius 2 is 2.11 bits per heavy atom. The minimum Gasteiger partial charge on any atom is -0.375 e. The summed E-state index contributed by atoms with van der Waals surface area (Å²) in [7, 11) is 0. The number of nitrogens with zero attached hydrogens (tertiary/aromatic N) is 1. The molecule has 0 aromatic heterocycles. The summed E-state index contributed by atoms with van der Waals surface area (Å²) in [6, 6.07) is 0.777. The number of nitrogens with two attached hydrogens (primary N) is 1. The van der Waals surface area contributed by atoms with Crippen LogP contribution in [-0.2, 0) is 4.74 Å². The van der Waals surface area contributed by atoms with Gasteiger partial charge in [0.05, 0.1) is 5.60 Å². The van der Waals surface area contributed by atoms with Gasteiger partial charge in [0.15, 0.2) is 0 Å². The Hall–Kier alpha value is 0.230. The van der Waals surface area contributed by atoms with Gasteiger partial charge in [-0.1, -0.05) is 0 Å². The van der Waals surface area contributed by atoms with Crippen molar-refractivity contribution in [2.75, 3.05) is 37.7 Å². The number of likely N-dealkylation sites (tertiary alicyclic amines) is 1. The van der Waals surface area contributed by atoms with Crippen molar-refractivity contribution in [3.05, 3.63) is 0 Å². The molecule has 3 rings (SSSR count). The molecule has 0 aromatic carbocycles. The zero-order valence-electron chi connectivity index (χ0n) is 12.0. The third kappa shape index (κ3) is 3.29. The maximum atomic E-state index is 6.21. The minimum absolute atomic E-state index is 0.236. The van der Waals surface area contributed by atoms with Gasteiger partial charge in [-0.05, 0) is 69.0 Å². The molecule has 3 saturated heterocycles. The van der Waals surface area contributed by atoms with Crippen molar-refractivity contribution < 1.29 is 4.74 Å². The van der Waals surface area contributed by atoms with Crippen molar-refractivity contribution in [3.8, 4) is 0 Å². The van der Waals surface area contributed by atoms with E-state index >= 15 is 0 Å². The largest absolute Gasteiger partial charge is 0.375 e. The van der Waals surface area contributed by atoms with Crippen LogP contribution >= 0.6 is 11.8 Å². The predicted molar refractivity (Wildman–Crippen MR) is 81.6 cm³/mol. The van der Waals surface area contributed by atoms with Crippen LogP contribution in [-0.4, -0.2) is 54.3 Å². The summed E-state index contributed by atoms with van der Waals surface area (Å²) in [4.78, 5) is 2.74. The summed E-state index contributed by atoms with van der Waals surface area (Å²) in [5, 5.41) is 0. The summed E-state index contributed by atoms with van der Waals surface area (Å²) < 4.78 is 6.21. The second-order valence-corrected chi connectivity index (χ2v) is 7.74. The molecule has 0 radical (unpaired) electrons. The second-order valence-electron chi connectivity index (χ2n) is 6.52. The first-order chi connectivity index (χ1) is 9.31. The van der Waals surface area contributed by atoms with Crippen LogP contribution in [0.25, 0.3) is 0 Å². The zero-order valence-corrected chi connectivity index (χ0v) is 12.8. The van der Waals surface area contributed by atoms with E-state index in [9.17, 15) is 0 Å². The van der Waals surface area contributed by atoms with E-state index in [0.717, 1.165) is 25.1 Å². The van der Waals surface area contributed by atoms with Crippen LogP contribution < -0.4 is 5.73 Å². The van der Waals surface area contributed by atoms with E-state index < -0.39 is 0 Å². The highest BCUT2D eigenvalue weighted by Crippen LogP contribution is 2.39. The molecule has 3 heterocycles. The van der Waals surface area contributed by atoms with E-state index in [1.165, 1.54) is 63.1 Å². The zero-order chi connectivity index (χ0) is 13.1. The average molecular weight is 284 g/mol. The van der Waals surface area contributed by atoms with Crippen LogP contribution in [0, 0.1) is 5.92 Å². The molecule has 3 fully saturated rings. The number of hydrogen-bond acceptors (Lipinski definition) is 4. The highest BCUT2D eigenvalue weighted by Gasteiger charge is 2.41. The Labute approximate surface area is 121 Å². The lowest BCUT2D eigenvalue weighted by Gasteiger charge is -2.45. The van der Waals surface area contributed by atoms with Gasteiger partial charge in [0, 0.05) is 19.2 Å². The average Bonchev–Trinajstić information content (AvgIpc) is 2.89. The second kappa shape index (κ2) is 6.33. The van der Waals surface area contributed by atoms with Crippen LogP contribution in [0.5, 0.6) is 0 Å². The molecule has 0 saturated carbocycles. The number of ether oxygens (including phenoxy) is 1. The maximum absolute atomic E-state index is 6.21. The van der Waals surface area contributed by atoms with Crippen molar-refractivity contribution in [2.45, 2.75) is 50.2 Å². The maximum Gasteiger partial charge on any atom is 0.0713 e. The highest BCUT2D eigenvalue weighted by molar-refractivity contribution is 7.99. The van der Waals surface area contributed by atoms with Crippen molar-refractivity contribution in [2.24, 2.45) is 11.7 Å². The Morgan fingerprint density at radius 3 is 2.89 bits per heavy atom. The fraction of sp³-hybridized carbons (Fsp3) is 1.00. The van der Waals surface area contributed by atoms with Crippen LogP contribution in [0.4, 0.5) is 0 Å². The molecule has 3 nitrogen and oxygen atoms in total. The Bertz CT molecular complexity index is 288. The number of hydrogen-bond donors (Lipinski definition) is 1. The van der Waals surface area contributed by atoms with Gasteiger partial charge in [0.1, 0.15) is 0 Å². The lowest BCUT2D eigenvalue weighted by atomic mass is 9.85. The molecule has 0 amide bonds. The molecule has 0 aliphatic carbocycles. The van der Waals surface area contributed by atoms with E-state index in [-0.39, 0.29) is 5.60 Å². The van der Waals surface area contributed by atoms with Gasteiger partial charge in [0.2, 0.25) is 0 Å². The minimum atomic E-state index is 0.236.